The standard InChI is InChI=1S/C15H13N3O4/c1-20-12-11(15(19)21-2)17-14(18-13(12)16)9-3-4-10-8(7-9)5-6-22-10/h3-7H,1-2H3,(H2,16,17,18). The van der Waals surface area contributed by atoms with Crippen LogP contribution in [0, 0.1) is 0 Å². The molecule has 7 heteroatoms. The fraction of sp³-hybridized carbons (Fsp3) is 0.133. The summed E-state index contributed by atoms with van der Waals surface area (Å²) in [6.45, 7) is 0. The Hall–Kier alpha value is -3.09. The lowest BCUT2D eigenvalue weighted by Gasteiger charge is -2.10. The number of esters is 1. The van der Waals surface area contributed by atoms with E-state index in [0.717, 1.165) is 11.0 Å². The van der Waals surface area contributed by atoms with Crippen LogP contribution in [0.25, 0.3) is 22.4 Å². The molecule has 0 aliphatic rings. The lowest BCUT2D eigenvalue weighted by molar-refractivity contribution is 0.0590. The van der Waals surface area contributed by atoms with Gasteiger partial charge >= 0.3 is 5.97 Å². The van der Waals surface area contributed by atoms with Crippen molar-refractivity contribution in [1.29, 1.82) is 0 Å². The minimum atomic E-state index is -0.642. The third-order valence-corrected chi connectivity index (χ3v) is 3.19. The molecule has 1 aromatic carbocycles. The van der Waals surface area contributed by atoms with Gasteiger partial charge in [-0.1, -0.05) is 0 Å². The second-order valence-electron chi connectivity index (χ2n) is 4.48. The summed E-state index contributed by atoms with van der Waals surface area (Å²) in [6, 6.07) is 7.26. The van der Waals surface area contributed by atoms with E-state index in [9.17, 15) is 4.79 Å². The summed E-state index contributed by atoms with van der Waals surface area (Å²) in [5.74, 6) is -0.168. The number of nitrogen functional groups attached to an aromatic ring is 1. The summed E-state index contributed by atoms with van der Waals surface area (Å²) < 4.78 is 15.1. The van der Waals surface area contributed by atoms with Gasteiger partial charge in [0.05, 0.1) is 20.5 Å². The van der Waals surface area contributed by atoms with Gasteiger partial charge in [-0.05, 0) is 24.3 Å². The number of hydrogen-bond acceptors (Lipinski definition) is 7. The fourth-order valence-corrected chi connectivity index (χ4v) is 2.14. The molecule has 0 bridgehead atoms. The van der Waals surface area contributed by atoms with Crippen LogP contribution in [0.4, 0.5) is 5.82 Å². The van der Waals surface area contributed by atoms with Gasteiger partial charge in [0.2, 0.25) is 0 Å². The number of rotatable bonds is 3. The van der Waals surface area contributed by atoms with Gasteiger partial charge < -0.3 is 19.6 Å². The first-order valence-electron chi connectivity index (χ1n) is 6.41. The Bertz CT molecular complexity index is 857. The van der Waals surface area contributed by atoms with Gasteiger partial charge in [0, 0.05) is 10.9 Å². The molecule has 22 heavy (non-hydrogen) atoms. The quantitative estimate of drug-likeness (QED) is 0.740. The van der Waals surface area contributed by atoms with E-state index in [4.69, 9.17) is 19.6 Å². The van der Waals surface area contributed by atoms with E-state index in [1.807, 2.05) is 12.1 Å². The summed E-state index contributed by atoms with van der Waals surface area (Å²) in [6.07, 6.45) is 1.59. The third kappa shape index (κ3) is 2.22. The number of methoxy groups -OCH3 is 2. The molecule has 3 rings (SSSR count). The number of nitrogens with two attached hydrogens (primary N) is 1. The predicted molar refractivity (Wildman–Crippen MR) is 79.5 cm³/mol. The zero-order valence-corrected chi connectivity index (χ0v) is 12.0. The predicted octanol–water partition coefficient (Wildman–Crippen LogP) is 2.27. The Morgan fingerprint density at radius 1 is 1.23 bits per heavy atom. The molecule has 0 saturated carbocycles. The molecule has 0 atom stereocenters. The number of fused-ring (bicyclic) bond motifs is 1. The molecule has 0 unspecified atom stereocenters. The van der Waals surface area contributed by atoms with Crippen LogP contribution in [-0.4, -0.2) is 30.2 Å². The summed E-state index contributed by atoms with van der Waals surface area (Å²) in [7, 11) is 2.65. The summed E-state index contributed by atoms with van der Waals surface area (Å²) in [5.41, 5.74) is 7.29. The molecule has 112 valence electrons. The zero-order valence-electron chi connectivity index (χ0n) is 12.0. The number of anilines is 1. The molecule has 0 saturated heterocycles. The molecule has 0 aliphatic carbocycles. The monoisotopic (exact) mass is 299 g/mol. The fourth-order valence-electron chi connectivity index (χ4n) is 2.14. The number of hydrogen-bond donors (Lipinski definition) is 1. The first-order chi connectivity index (χ1) is 10.6. The van der Waals surface area contributed by atoms with Gasteiger partial charge in [-0.15, -0.1) is 0 Å². The molecular formula is C15H13N3O4. The SMILES string of the molecule is COC(=O)c1nc(-c2ccc3occc3c2)nc(N)c1OC. The highest BCUT2D eigenvalue weighted by Gasteiger charge is 2.21. The molecule has 3 aromatic rings. The van der Waals surface area contributed by atoms with Gasteiger partial charge in [-0.2, -0.15) is 0 Å². The van der Waals surface area contributed by atoms with Crippen LogP contribution in [-0.2, 0) is 4.74 Å². The zero-order chi connectivity index (χ0) is 15.7. The number of furan rings is 1. The van der Waals surface area contributed by atoms with E-state index in [1.54, 1.807) is 18.4 Å². The van der Waals surface area contributed by atoms with E-state index >= 15 is 0 Å². The van der Waals surface area contributed by atoms with Crippen molar-refractivity contribution < 1.29 is 18.7 Å². The molecule has 7 nitrogen and oxygen atoms in total. The smallest absolute Gasteiger partial charge is 0.360 e. The van der Waals surface area contributed by atoms with Crippen molar-refractivity contribution in [1.82, 2.24) is 9.97 Å². The Morgan fingerprint density at radius 3 is 2.77 bits per heavy atom. The molecule has 0 radical (unpaired) electrons. The van der Waals surface area contributed by atoms with Crippen LogP contribution in [0.15, 0.2) is 34.9 Å². The Balaban J connectivity index is 2.17. The molecule has 0 aliphatic heterocycles. The van der Waals surface area contributed by atoms with Crippen LogP contribution in [0.3, 0.4) is 0 Å². The summed E-state index contributed by atoms with van der Waals surface area (Å²) >= 11 is 0. The van der Waals surface area contributed by atoms with Gasteiger partial charge in [0.15, 0.2) is 23.1 Å². The van der Waals surface area contributed by atoms with Crippen molar-refractivity contribution in [3.8, 4) is 17.1 Å². The number of benzene rings is 1. The number of nitrogens with zero attached hydrogens (tertiary/aromatic N) is 2. The number of aromatic nitrogens is 2. The van der Waals surface area contributed by atoms with Crippen molar-refractivity contribution in [2.45, 2.75) is 0 Å². The van der Waals surface area contributed by atoms with Gasteiger partial charge in [-0.3, -0.25) is 0 Å². The van der Waals surface area contributed by atoms with Crippen molar-refractivity contribution in [2.75, 3.05) is 20.0 Å². The van der Waals surface area contributed by atoms with E-state index in [0.29, 0.717) is 11.4 Å². The lowest BCUT2D eigenvalue weighted by atomic mass is 10.1. The normalized spacial score (nSPS) is 10.6. The average molecular weight is 299 g/mol. The lowest BCUT2D eigenvalue weighted by Crippen LogP contribution is -2.11. The maximum absolute atomic E-state index is 11.8. The number of carbonyl (C=O) groups is 1. The van der Waals surface area contributed by atoms with Crippen LogP contribution < -0.4 is 10.5 Å². The van der Waals surface area contributed by atoms with Gasteiger partial charge in [0.1, 0.15) is 5.58 Å². The maximum Gasteiger partial charge on any atom is 0.360 e. The molecular weight excluding hydrogens is 286 g/mol. The Morgan fingerprint density at radius 2 is 2.05 bits per heavy atom. The van der Waals surface area contributed by atoms with E-state index in [2.05, 4.69) is 9.97 Å². The Kier molecular flexibility index (Phi) is 3.38. The molecule has 2 N–H and O–H groups in total. The summed E-state index contributed by atoms with van der Waals surface area (Å²) in [5, 5.41) is 0.898. The molecule has 0 fully saturated rings. The van der Waals surface area contributed by atoms with Crippen molar-refractivity contribution in [2.24, 2.45) is 0 Å². The van der Waals surface area contributed by atoms with Crippen molar-refractivity contribution >= 4 is 22.8 Å². The van der Waals surface area contributed by atoms with Gasteiger partial charge in [-0.25, -0.2) is 14.8 Å². The Labute approximate surface area is 125 Å². The molecule has 0 spiro atoms. The second-order valence-corrected chi connectivity index (χ2v) is 4.48. The van der Waals surface area contributed by atoms with Crippen LogP contribution in [0.1, 0.15) is 10.5 Å². The first kappa shape index (κ1) is 13.9. The van der Waals surface area contributed by atoms with Crippen molar-refractivity contribution in [3.63, 3.8) is 0 Å². The molecule has 2 aromatic heterocycles. The van der Waals surface area contributed by atoms with Crippen molar-refractivity contribution in [3.05, 3.63) is 36.2 Å². The minimum absolute atomic E-state index is 0.0141. The largest absolute Gasteiger partial charge is 0.491 e. The van der Waals surface area contributed by atoms with Crippen LogP contribution in [0.2, 0.25) is 0 Å². The van der Waals surface area contributed by atoms with Crippen LogP contribution >= 0.6 is 0 Å². The second kappa shape index (κ2) is 5.36. The summed E-state index contributed by atoms with van der Waals surface area (Å²) in [4.78, 5) is 20.2. The molecule has 2 heterocycles. The highest BCUT2D eigenvalue weighted by molar-refractivity contribution is 5.93. The number of carbonyl (C=O) groups excluding carboxylic acids is 1. The highest BCUT2D eigenvalue weighted by atomic mass is 16.5. The number of ether oxygens (including phenoxy) is 2. The molecule has 0 amide bonds. The first-order valence-corrected chi connectivity index (χ1v) is 6.41. The van der Waals surface area contributed by atoms with Crippen LogP contribution in [0.5, 0.6) is 5.75 Å². The maximum atomic E-state index is 11.8. The van der Waals surface area contributed by atoms with E-state index < -0.39 is 5.97 Å². The van der Waals surface area contributed by atoms with E-state index in [-0.39, 0.29) is 17.3 Å². The average Bonchev–Trinajstić information content (AvgIpc) is 3.00. The highest BCUT2D eigenvalue weighted by Crippen LogP contribution is 2.29. The topological polar surface area (TPSA) is 100 Å². The minimum Gasteiger partial charge on any atom is -0.491 e. The van der Waals surface area contributed by atoms with E-state index in [1.165, 1.54) is 14.2 Å². The third-order valence-electron chi connectivity index (χ3n) is 3.19. The van der Waals surface area contributed by atoms with Gasteiger partial charge in [0.25, 0.3) is 0 Å².